The fourth-order valence-electron chi connectivity index (χ4n) is 4.16. The van der Waals surface area contributed by atoms with Gasteiger partial charge in [0.15, 0.2) is 0 Å². The summed E-state index contributed by atoms with van der Waals surface area (Å²) in [5.41, 5.74) is 0. The van der Waals surface area contributed by atoms with Crippen LogP contribution in [0.15, 0.2) is 48.6 Å². The standard InChI is InChI=1S/C35H62NO8P/c1-3-5-6-7-8-9-10-11-12-13-14-15-16-17-18-19-20-21-22-23-24-25-26-28-34(38)36-29-30-43-45(40,41)44-32-33(37)31-42-35(39)27-4-2/h8-9,11-12,14-15,17-18,33,37H,3-7,10,13,16,19-32H2,1-2H3,(H,36,38)(H,40,41)/b9-8-,12-11-,15-14-,18-17-. The van der Waals surface area contributed by atoms with Crippen LogP contribution in [0, 0.1) is 0 Å². The minimum atomic E-state index is -4.39. The quantitative estimate of drug-likeness (QED) is 0.0294. The van der Waals surface area contributed by atoms with E-state index in [-0.39, 0.29) is 32.1 Å². The zero-order chi connectivity index (χ0) is 33.3. The number of esters is 1. The van der Waals surface area contributed by atoms with Crippen LogP contribution in [0.2, 0.25) is 0 Å². The Morgan fingerprint density at radius 1 is 0.689 bits per heavy atom. The normalized spacial score (nSPS) is 14.1. The molecule has 10 heteroatoms. The van der Waals surface area contributed by atoms with Crippen LogP contribution in [0.1, 0.15) is 129 Å². The molecule has 1 amide bonds. The highest BCUT2D eigenvalue weighted by Crippen LogP contribution is 2.42. The lowest BCUT2D eigenvalue weighted by Gasteiger charge is -2.15. The molecule has 0 aromatic carbocycles. The van der Waals surface area contributed by atoms with E-state index in [1.807, 2.05) is 6.92 Å². The molecule has 0 aliphatic carbocycles. The molecule has 0 bridgehead atoms. The topological polar surface area (TPSA) is 131 Å². The van der Waals surface area contributed by atoms with Gasteiger partial charge in [0, 0.05) is 19.4 Å². The van der Waals surface area contributed by atoms with Gasteiger partial charge in [-0.05, 0) is 57.8 Å². The van der Waals surface area contributed by atoms with Gasteiger partial charge in [-0.2, -0.15) is 0 Å². The van der Waals surface area contributed by atoms with E-state index < -0.39 is 26.5 Å². The van der Waals surface area contributed by atoms with Gasteiger partial charge in [-0.1, -0.05) is 107 Å². The molecular weight excluding hydrogens is 593 g/mol. The summed E-state index contributed by atoms with van der Waals surface area (Å²) in [6.45, 7) is 3.07. The second-order valence-electron chi connectivity index (χ2n) is 11.1. The van der Waals surface area contributed by atoms with Crippen molar-refractivity contribution in [1.82, 2.24) is 5.32 Å². The molecule has 0 spiro atoms. The van der Waals surface area contributed by atoms with Crippen LogP contribution in [0.3, 0.4) is 0 Å². The molecule has 0 radical (unpaired) electrons. The number of unbranched alkanes of at least 4 members (excludes halogenated alkanes) is 10. The summed E-state index contributed by atoms with van der Waals surface area (Å²) in [7, 11) is -4.39. The molecule has 0 heterocycles. The first-order chi connectivity index (χ1) is 21.8. The van der Waals surface area contributed by atoms with Crippen LogP contribution in [0.4, 0.5) is 0 Å². The minimum Gasteiger partial charge on any atom is -0.463 e. The number of aliphatic hydroxyl groups is 1. The van der Waals surface area contributed by atoms with Crippen molar-refractivity contribution in [1.29, 1.82) is 0 Å². The third-order valence-corrected chi connectivity index (χ3v) is 7.72. The largest absolute Gasteiger partial charge is 0.472 e. The van der Waals surface area contributed by atoms with E-state index in [4.69, 9.17) is 13.8 Å². The Hall–Kier alpha value is -2.03. The molecule has 45 heavy (non-hydrogen) atoms. The lowest BCUT2D eigenvalue weighted by Crippen LogP contribution is -2.27. The van der Waals surface area contributed by atoms with Crippen LogP contribution >= 0.6 is 7.82 Å². The third-order valence-electron chi connectivity index (χ3n) is 6.73. The Morgan fingerprint density at radius 2 is 1.22 bits per heavy atom. The van der Waals surface area contributed by atoms with Crippen molar-refractivity contribution < 1.29 is 37.9 Å². The number of nitrogens with one attached hydrogen (secondary N) is 1. The van der Waals surface area contributed by atoms with Crippen molar-refractivity contribution in [2.24, 2.45) is 0 Å². The van der Waals surface area contributed by atoms with E-state index in [2.05, 4.69) is 60.8 Å². The SMILES string of the molecule is CCCCC/C=C\C/C=C\C/C=C\C/C=C\CCCCCCCCCC(=O)NCCOP(=O)(O)OCC(O)COC(=O)CCC. The number of hydrogen-bond acceptors (Lipinski definition) is 7. The second-order valence-corrected chi connectivity index (χ2v) is 12.6. The molecular formula is C35H62NO8P. The Kier molecular flexibility index (Phi) is 30.5. The molecule has 0 saturated carbocycles. The Balaban J connectivity index is 3.57. The molecule has 0 saturated heterocycles. The molecule has 2 unspecified atom stereocenters. The van der Waals surface area contributed by atoms with E-state index in [9.17, 15) is 24.2 Å². The van der Waals surface area contributed by atoms with Crippen LogP contribution in [-0.4, -0.2) is 54.3 Å². The van der Waals surface area contributed by atoms with E-state index in [0.29, 0.717) is 12.8 Å². The molecule has 3 N–H and O–H groups in total. The van der Waals surface area contributed by atoms with Gasteiger partial charge >= 0.3 is 13.8 Å². The summed E-state index contributed by atoms with van der Waals surface area (Å²) in [6.07, 6.45) is 35.0. The maximum Gasteiger partial charge on any atom is 0.472 e. The number of allylic oxidation sites excluding steroid dienone is 8. The number of phosphoric acid groups is 1. The second kappa shape index (κ2) is 31.9. The maximum absolute atomic E-state index is 12.0. The maximum atomic E-state index is 12.0. The van der Waals surface area contributed by atoms with Gasteiger partial charge in [-0.3, -0.25) is 18.6 Å². The lowest BCUT2D eigenvalue weighted by atomic mass is 10.1. The number of carbonyl (C=O) groups is 2. The zero-order valence-electron chi connectivity index (χ0n) is 28.0. The van der Waals surface area contributed by atoms with Crippen molar-refractivity contribution in [3.8, 4) is 0 Å². The zero-order valence-corrected chi connectivity index (χ0v) is 28.9. The number of rotatable bonds is 31. The van der Waals surface area contributed by atoms with Gasteiger partial charge in [0.1, 0.15) is 12.7 Å². The lowest BCUT2D eigenvalue weighted by molar-refractivity contribution is -0.147. The molecule has 0 fully saturated rings. The van der Waals surface area contributed by atoms with Crippen LogP contribution in [0.25, 0.3) is 0 Å². The number of carbonyl (C=O) groups excluding carboxylic acids is 2. The van der Waals surface area contributed by atoms with Crippen molar-refractivity contribution in [3.05, 3.63) is 48.6 Å². The highest BCUT2D eigenvalue weighted by molar-refractivity contribution is 7.47. The Bertz CT molecular complexity index is 887. The Morgan fingerprint density at radius 3 is 1.80 bits per heavy atom. The molecule has 0 rings (SSSR count). The van der Waals surface area contributed by atoms with Gasteiger partial charge < -0.3 is 20.1 Å². The molecule has 0 aliphatic rings. The Labute approximate surface area is 273 Å². The number of phosphoric ester groups is 1. The highest BCUT2D eigenvalue weighted by atomic mass is 31.2. The summed E-state index contributed by atoms with van der Waals surface area (Å²) in [5, 5.41) is 12.3. The number of ether oxygens (including phenoxy) is 1. The fourth-order valence-corrected chi connectivity index (χ4v) is 4.92. The summed E-state index contributed by atoms with van der Waals surface area (Å²) in [4.78, 5) is 32.9. The van der Waals surface area contributed by atoms with Crippen LogP contribution in [-0.2, 0) is 27.9 Å². The molecule has 0 aliphatic heterocycles. The van der Waals surface area contributed by atoms with Gasteiger partial charge in [0.2, 0.25) is 5.91 Å². The molecule has 0 aromatic heterocycles. The fraction of sp³-hybridized carbons (Fsp3) is 0.714. The monoisotopic (exact) mass is 655 g/mol. The van der Waals surface area contributed by atoms with Gasteiger partial charge in [-0.15, -0.1) is 0 Å². The first-order valence-electron chi connectivity index (χ1n) is 17.1. The van der Waals surface area contributed by atoms with E-state index >= 15 is 0 Å². The van der Waals surface area contributed by atoms with Gasteiger partial charge in [0.05, 0.1) is 13.2 Å². The number of hydrogen-bond donors (Lipinski definition) is 3. The molecule has 0 aromatic rings. The predicted molar refractivity (Wildman–Crippen MR) is 183 cm³/mol. The van der Waals surface area contributed by atoms with Crippen molar-refractivity contribution in [2.75, 3.05) is 26.4 Å². The van der Waals surface area contributed by atoms with Crippen LogP contribution < -0.4 is 5.32 Å². The van der Waals surface area contributed by atoms with E-state index in [1.54, 1.807) is 0 Å². The van der Waals surface area contributed by atoms with Gasteiger partial charge in [-0.25, -0.2) is 4.57 Å². The summed E-state index contributed by atoms with van der Waals surface area (Å²) < 4.78 is 26.2. The number of aliphatic hydroxyl groups excluding tert-OH is 1. The first-order valence-corrected chi connectivity index (χ1v) is 18.6. The molecule has 9 nitrogen and oxygen atoms in total. The average Bonchev–Trinajstić information content (AvgIpc) is 3.01. The van der Waals surface area contributed by atoms with Crippen molar-refractivity contribution in [3.63, 3.8) is 0 Å². The smallest absolute Gasteiger partial charge is 0.463 e. The number of amides is 1. The highest BCUT2D eigenvalue weighted by Gasteiger charge is 2.23. The van der Waals surface area contributed by atoms with Crippen molar-refractivity contribution in [2.45, 2.75) is 136 Å². The third kappa shape index (κ3) is 33.2. The average molecular weight is 656 g/mol. The molecule has 260 valence electrons. The van der Waals surface area contributed by atoms with E-state index in [0.717, 1.165) is 44.9 Å². The minimum absolute atomic E-state index is 0.0728. The van der Waals surface area contributed by atoms with E-state index in [1.165, 1.54) is 51.4 Å². The van der Waals surface area contributed by atoms with Gasteiger partial charge in [0.25, 0.3) is 0 Å². The van der Waals surface area contributed by atoms with Crippen LogP contribution in [0.5, 0.6) is 0 Å². The summed E-state index contributed by atoms with van der Waals surface area (Å²) >= 11 is 0. The molecule has 2 atom stereocenters. The first kappa shape index (κ1) is 43.0. The van der Waals surface area contributed by atoms with Crippen molar-refractivity contribution >= 4 is 19.7 Å². The summed E-state index contributed by atoms with van der Waals surface area (Å²) in [5.74, 6) is -0.587. The summed E-state index contributed by atoms with van der Waals surface area (Å²) in [6, 6.07) is 0. The predicted octanol–water partition coefficient (Wildman–Crippen LogP) is 8.43.